The number of nitrogens with zero attached hydrogens (tertiary/aromatic N) is 6. The number of halogens is 1. The van der Waals surface area contributed by atoms with Crippen LogP contribution in [0.4, 0.5) is 4.39 Å². The molecule has 0 N–H and O–H groups in total. The van der Waals surface area contributed by atoms with Crippen LogP contribution >= 0.6 is 0 Å². The van der Waals surface area contributed by atoms with Gasteiger partial charge in [0.2, 0.25) is 5.95 Å². The molecule has 1 aliphatic rings. The second kappa shape index (κ2) is 9.48. The highest BCUT2D eigenvalue weighted by Crippen LogP contribution is 2.44. The van der Waals surface area contributed by atoms with Gasteiger partial charge in [-0.2, -0.15) is 4.39 Å². The van der Waals surface area contributed by atoms with E-state index in [0.29, 0.717) is 29.3 Å². The Morgan fingerprint density at radius 1 is 1.10 bits per heavy atom. The number of aromatic nitrogens is 6. The Hall–Kier alpha value is -3.55. The molecular formula is C29H35FN6O4SSi. The van der Waals surface area contributed by atoms with E-state index in [2.05, 4.69) is 43.9 Å². The highest BCUT2D eigenvalue weighted by atomic mass is 32.2. The normalized spacial score (nSPS) is 18.2. The van der Waals surface area contributed by atoms with Gasteiger partial charge in [0.15, 0.2) is 14.0 Å². The molecule has 0 saturated heterocycles. The fourth-order valence-corrected chi connectivity index (χ4v) is 8.37. The van der Waals surface area contributed by atoms with Crippen LogP contribution in [-0.2, 0) is 28.5 Å². The van der Waals surface area contributed by atoms with E-state index < -0.39 is 24.3 Å². The first-order valence-electron chi connectivity index (χ1n) is 13.9. The molecule has 222 valence electrons. The first kappa shape index (κ1) is 28.6. The predicted octanol–water partition coefficient (Wildman–Crippen LogP) is 5.19. The minimum Gasteiger partial charge on any atom is -0.414 e. The first-order valence-corrected chi connectivity index (χ1v) is 18.3. The lowest BCUT2D eigenvalue weighted by Crippen LogP contribution is -2.48. The van der Waals surface area contributed by atoms with Crippen molar-refractivity contribution >= 4 is 40.4 Å². The zero-order valence-electron chi connectivity index (χ0n) is 24.8. The van der Waals surface area contributed by atoms with Crippen molar-refractivity contribution in [3.8, 4) is 11.3 Å². The number of hydrogen-bond acceptors (Lipinski definition) is 6. The third kappa shape index (κ3) is 4.28. The summed E-state index contributed by atoms with van der Waals surface area (Å²) in [6.45, 7) is 11.0. The van der Waals surface area contributed by atoms with Crippen LogP contribution in [0.2, 0.25) is 18.1 Å². The van der Waals surface area contributed by atoms with Crippen LogP contribution in [0.15, 0.2) is 58.5 Å². The highest BCUT2D eigenvalue weighted by Gasteiger charge is 2.43. The maximum Gasteiger partial charge on any atom is 0.329 e. The van der Waals surface area contributed by atoms with Crippen LogP contribution in [0, 0.1) is 5.95 Å². The molecule has 1 aromatic carbocycles. The molecule has 13 heteroatoms. The molecule has 1 fully saturated rings. The molecule has 42 heavy (non-hydrogen) atoms. The third-order valence-electron chi connectivity index (χ3n) is 8.88. The fraction of sp³-hybridized carbons (Fsp3) is 0.414. The number of aryl methyl sites for hydroxylation is 2. The second-order valence-corrected chi connectivity index (χ2v) is 19.2. The van der Waals surface area contributed by atoms with E-state index >= 15 is 4.39 Å². The van der Waals surface area contributed by atoms with Crippen LogP contribution < -0.4 is 5.69 Å². The van der Waals surface area contributed by atoms with Crippen LogP contribution in [-0.4, -0.2) is 50.7 Å². The number of fused-ring (bicyclic) bond motifs is 3. The topological polar surface area (TPSA) is 106 Å². The van der Waals surface area contributed by atoms with Gasteiger partial charge in [-0.25, -0.2) is 22.2 Å². The third-order valence-corrected chi connectivity index (χ3v) is 15.1. The smallest absolute Gasteiger partial charge is 0.329 e. The Morgan fingerprint density at radius 3 is 2.36 bits per heavy atom. The maximum atomic E-state index is 15.1. The van der Waals surface area contributed by atoms with E-state index in [9.17, 15) is 13.2 Å². The van der Waals surface area contributed by atoms with Crippen molar-refractivity contribution in [1.82, 2.24) is 27.9 Å². The van der Waals surface area contributed by atoms with Crippen molar-refractivity contribution in [2.45, 2.75) is 68.8 Å². The summed E-state index contributed by atoms with van der Waals surface area (Å²) in [6, 6.07) is 9.42. The summed E-state index contributed by atoms with van der Waals surface area (Å²) in [7, 11) is -2.95. The quantitative estimate of drug-likeness (QED) is 0.245. The largest absolute Gasteiger partial charge is 0.414 e. The fourth-order valence-electron chi connectivity index (χ4n) is 5.50. The maximum absolute atomic E-state index is 15.1. The van der Waals surface area contributed by atoms with Gasteiger partial charge in [0, 0.05) is 37.8 Å². The summed E-state index contributed by atoms with van der Waals surface area (Å²) >= 11 is 0. The van der Waals surface area contributed by atoms with E-state index in [-0.39, 0.29) is 44.7 Å². The molecule has 4 heterocycles. The number of imidazole rings is 1. The summed E-state index contributed by atoms with van der Waals surface area (Å²) < 4.78 is 55.4. The van der Waals surface area contributed by atoms with E-state index in [1.165, 1.54) is 33.8 Å². The van der Waals surface area contributed by atoms with Gasteiger partial charge in [-0.3, -0.25) is 13.8 Å². The molecule has 1 saturated carbocycles. The minimum absolute atomic E-state index is 0.0134. The molecule has 5 aromatic rings. The van der Waals surface area contributed by atoms with Crippen molar-refractivity contribution in [2.24, 2.45) is 14.1 Å². The zero-order valence-corrected chi connectivity index (χ0v) is 26.6. The first-order chi connectivity index (χ1) is 19.6. The van der Waals surface area contributed by atoms with Crippen molar-refractivity contribution in [3.63, 3.8) is 0 Å². The molecule has 0 spiro atoms. The van der Waals surface area contributed by atoms with Gasteiger partial charge in [0.05, 0.1) is 33.4 Å². The van der Waals surface area contributed by atoms with Crippen LogP contribution in [0.5, 0.6) is 0 Å². The van der Waals surface area contributed by atoms with Gasteiger partial charge < -0.3 is 4.43 Å². The van der Waals surface area contributed by atoms with Crippen molar-refractivity contribution in [1.29, 1.82) is 0 Å². The van der Waals surface area contributed by atoms with E-state index in [0.717, 1.165) is 3.97 Å². The van der Waals surface area contributed by atoms with Gasteiger partial charge in [-0.15, -0.1) is 5.10 Å². The number of hydrogen-bond donors (Lipinski definition) is 0. The van der Waals surface area contributed by atoms with Crippen molar-refractivity contribution in [3.05, 3.63) is 65.2 Å². The molecule has 10 nitrogen and oxygen atoms in total. The van der Waals surface area contributed by atoms with Crippen LogP contribution in [0.25, 0.3) is 33.3 Å². The minimum atomic E-state index is -4.21. The molecule has 4 aromatic heterocycles. The predicted molar refractivity (Wildman–Crippen MR) is 162 cm³/mol. The SMILES string of the molecule is Cn1cc(-c2cc3c(ncc4c3n(C3CC(O[Si](C)(C)C(C)(C)C)C3)c(=O)n4C)n2S(=O)(=O)c2ccccc2)c(F)n1. The van der Waals surface area contributed by atoms with Gasteiger partial charge in [-0.05, 0) is 49.2 Å². The summed E-state index contributed by atoms with van der Waals surface area (Å²) in [6.07, 6.45) is 4.33. The zero-order chi connectivity index (χ0) is 30.4. The molecule has 0 atom stereocenters. The average Bonchev–Trinajstić information content (AvgIpc) is 3.52. The second-order valence-electron chi connectivity index (χ2n) is 12.7. The molecule has 1 aliphatic carbocycles. The monoisotopic (exact) mass is 610 g/mol. The number of rotatable bonds is 6. The van der Waals surface area contributed by atoms with E-state index in [1.54, 1.807) is 42.9 Å². The lowest BCUT2D eigenvalue weighted by molar-refractivity contribution is 0.0581. The average molecular weight is 611 g/mol. The summed E-state index contributed by atoms with van der Waals surface area (Å²) in [4.78, 5) is 18.2. The number of benzene rings is 1. The van der Waals surface area contributed by atoms with Crippen LogP contribution in [0.3, 0.4) is 0 Å². The lowest BCUT2D eigenvalue weighted by Gasteiger charge is -2.45. The molecule has 0 aliphatic heterocycles. The molecular weight excluding hydrogens is 576 g/mol. The summed E-state index contributed by atoms with van der Waals surface area (Å²) in [5.41, 5.74) is 1.11. The number of pyridine rings is 1. The molecule has 6 rings (SSSR count). The highest BCUT2D eigenvalue weighted by molar-refractivity contribution is 7.90. The standard InChI is InChI=1S/C29H35FN6O4SSi/c1-29(2,3)42(6,7)40-19-13-18(14-19)35-25-21-15-23(22-17-33(4)32-26(22)30)36(41(38,39)20-11-9-8-10-12-20)27(21)31-16-24(25)34(5)28(35)37/h8-12,15-19H,13-14H2,1-7H3. The Bertz CT molecular complexity index is 2010. The Morgan fingerprint density at radius 2 is 1.76 bits per heavy atom. The Kier molecular flexibility index (Phi) is 6.45. The van der Waals surface area contributed by atoms with E-state index in [1.807, 2.05) is 0 Å². The molecule has 0 radical (unpaired) electrons. The summed E-state index contributed by atoms with van der Waals surface area (Å²) in [5, 5.41) is 4.32. The lowest BCUT2D eigenvalue weighted by atomic mass is 9.89. The Labute approximate surface area is 244 Å². The molecule has 0 amide bonds. The van der Waals surface area contributed by atoms with Crippen molar-refractivity contribution < 1.29 is 17.2 Å². The van der Waals surface area contributed by atoms with Gasteiger partial charge in [-0.1, -0.05) is 39.0 Å². The molecule has 0 bridgehead atoms. The van der Waals surface area contributed by atoms with Crippen molar-refractivity contribution in [2.75, 3.05) is 0 Å². The van der Waals surface area contributed by atoms with E-state index in [4.69, 9.17) is 4.43 Å². The van der Waals surface area contributed by atoms with Crippen LogP contribution in [0.1, 0.15) is 39.7 Å². The summed E-state index contributed by atoms with van der Waals surface area (Å²) in [5.74, 6) is -0.809. The Balaban J connectivity index is 1.56. The molecule has 0 unspecified atom stereocenters. The van der Waals surface area contributed by atoms with Gasteiger partial charge in [0.25, 0.3) is 10.0 Å². The van der Waals surface area contributed by atoms with Gasteiger partial charge in [0.1, 0.15) is 0 Å². The van der Waals surface area contributed by atoms with Gasteiger partial charge >= 0.3 is 5.69 Å².